The van der Waals surface area contributed by atoms with E-state index in [0.717, 1.165) is 24.0 Å². The number of nitrogens with one attached hydrogen (secondary N) is 3. The Morgan fingerprint density at radius 2 is 1.77 bits per heavy atom. The Bertz CT molecular complexity index is 1150. The van der Waals surface area contributed by atoms with E-state index in [4.69, 9.17) is 10.5 Å². The Balaban J connectivity index is 2.65. The summed E-state index contributed by atoms with van der Waals surface area (Å²) in [6.07, 6.45) is 3.65. The molecule has 1 unspecified atom stereocenters. The second kappa shape index (κ2) is 18.3. The highest BCUT2D eigenvalue weighted by Crippen LogP contribution is 2.26. The van der Waals surface area contributed by atoms with Gasteiger partial charge in [-0.15, -0.1) is 11.8 Å². The Kier molecular flexibility index (Phi) is 16.0. The first-order valence-corrected chi connectivity index (χ1v) is 15.1. The Labute approximate surface area is 258 Å². The van der Waals surface area contributed by atoms with Gasteiger partial charge in [-0.05, 0) is 76.8 Å². The maximum atomic E-state index is 13.3. The molecule has 1 rings (SSSR count). The number of anilines is 1. The van der Waals surface area contributed by atoms with Gasteiger partial charge in [0.05, 0.1) is 12.1 Å². The van der Waals surface area contributed by atoms with Gasteiger partial charge in [0.1, 0.15) is 6.04 Å². The summed E-state index contributed by atoms with van der Waals surface area (Å²) >= 11 is 0. The van der Waals surface area contributed by atoms with Gasteiger partial charge in [0.2, 0.25) is 23.6 Å². The second-order valence-electron chi connectivity index (χ2n) is 12.2. The van der Waals surface area contributed by atoms with Crippen molar-refractivity contribution in [1.29, 1.82) is 0 Å². The first kappa shape index (κ1) is 37.6. The monoisotopic (exact) mass is 599 g/mol. The predicted molar refractivity (Wildman–Crippen MR) is 171 cm³/mol. The van der Waals surface area contributed by atoms with E-state index >= 15 is 0 Å². The molecule has 0 saturated carbocycles. The van der Waals surface area contributed by atoms with Gasteiger partial charge in [0, 0.05) is 50.6 Å². The van der Waals surface area contributed by atoms with Crippen molar-refractivity contribution in [2.75, 3.05) is 32.1 Å². The van der Waals surface area contributed by atoms with E-state index in [1.165, 1.54) is 0 Å². The molecule has 0 saturated heterocycles. The van der Waals surface area contributed by atoms with Crippen LogP contribution < -0.4 is 21.7 Å². The van der Waals surface area contributed by atoms with Crippen LogP contribution in [0, 0.1) is 24.2 Å². The first-order valence-electron chi connectivity index (χ1n) is 15.1. The molecule has 240 valence electrons. The van der Waals surface area contributed by atoms with Crippen LogP contribution >= 0.6 is 0 Å². The molecule has 1 aromatic carbocycles. The van der Waals surface area contributed by atoms with Crippen LogP contribution in [-0.4, -0.2) is 66.9 Å². The summed E-state index contributed by atoms with van der Waals surface area (Å²) in [7, 11) is 1.77. The Morgan fingerprint density at radius 1 is 1.07 bits per heavy atom. The molecule has 0 radical (unpaired) electrons. The maximum Gasteiger partial charge on any atom is 0.246 e. The smallest absolute Gasteiger partial charge is 0.246 e. The van der Waals surface area contributed by atoms with Crippen LogP contribution in [0.3, 0.4) is 0 Å². The molecule has 1 atom stereocenters. The van der Waals surface area contributed by atoms with Crippen LogP contribution in [-0.2, 0) is 30.5 Å². The number of nitrogens with zero attached hydrogens (tertiary/aromatic N) is 1. The highest BCUT2D eigenvalue weighted by molar-refractivity contribution is 5.97. The van der Waals surface area contributed by atoms with E-state index in [-0.39, 0.29) is 30.4 Å². The molecule has 10 nitrogen and oxygen atoms in total. The van der Waals surface area contributed by atoms with Crippen LogP contribution in [0.4, 0.5) is 5.69 Å². The molecular formula is C33H53N5O5. The number of amides is 4. The SMILES string of the molecule is CCC#CCCCC(=O)NCC(=O)NC(C)C(=O)Nc1ccc(C)c(CN(C)C(=O)C(C)(C)CCOC(C)(C)CCN)c1. The van der Waals surface area contributed by atoms with E-state index < -0.39 is 23.3 Å². The molecule has 4 amide bonds. The average molecular weight is 600 g/mol. The second-order valence-corrected chi connectivity index (χ2v) is 12.2. The largest absolute Gasteiger partial charge is 0.375 e. The molecular weight excluding hydrogens is 546 g/mol. The number of benzene rings is 1. The predicted octanol–water partition coefficient (Wildman–Crippen LogP) is 3.66. The topological polar surface area (TPSA) is 143 Å². The number of unbranched alkanes of at least 4 members (excludes halogenated alkanes) is 1. The van der Waals surface area contributed by atoms with Crippen molar-refractivity contribution in [1.82, 2.24) is 15.5 Å². The van der Waals surface area contributed by atoms with Gasteiger partial charge >= 0.3 is 0 Å². The highest BCUT2D eigenvalue weighted by atomic mass is 16.5. The number of carbonyl (C=O) groups is 4. The van der Waals surface area contributed by atoms with Gasteiger partial charge in [0.15, 0.2) is 0 Å². The van der Waals surface area contributed by atoms with Crippen LogP contribution in [0.2, 0.25) is 0 Å². The van der Waals surface area contributed by atoms with Gasteiger partial charge in [-0.25, -0.2) is 0 Å². The van der Waals surface area contributed by atoms with Gasteiger partial charge in [-0.1, -0.05) is 26.8 Å². The quantitative estimate of drug-likeness (QED) is 0.159. The number of hydrogen-bond donors (Lipinski definition) is 4. The molecule has 5 N–H and O–H groups in total. The number of nitrogens with two attached hydrogens (primary N) is 1. The summed E-state index contributed by atoms with van der Waals surface area (Å²) in [5, 5.41) is 8.00. The van der Waals surface area contributed by atoms with Crippen molar-refractivity contribution in [2.24, 2.45) is 11.1 Å². The van der Waals surface area contributed by atoms with E-state index in [1.54, 1.807) is 24.9 Å². The van der Waals surface area contributed by atoms with Crippen LogP contribution in [0.25, 0.3) is 0 Å². The molecule has 10 heteroatoms. The van der Waals surface area contributed by atoms with E-state index in [9.17, 15) is 19.2 Å². The van der Waals surface area contributed by atoms with Gasteiger partial charge in [-0.3, -0.25) is 19.2 Å². The summed E-state index contributed by atoms with van der Waals surface area (Å²) in [6, 6.07) is 4.68. The molecule has 0 spiro atoms. The normalized spacial score (nSPS) is 12.0. The lowest BCUT2D eigenvalue weighted by Gasteiger charge is -2.32. The number of ether oxygens (including phenoxy) is 1. The third-order valence-corrected chi connectivity index (χ3v) is 7.14. The van der Waals surface area contributed by atoms with Crippen LogP contribution in [0.1, 0.15) is 91.2 Å². The zero-order chi connectivity index (χ0) is 32.6. The van der Waals surface area contributed by atoms with Crippen LogP contribution in [0.15, 0.2) is 18.2 Å². The number of rotatable bonds is 17. The number of aryl methyl sites for hydroxylation is 1. The number of carbonyl (C=O) groups excluding carboxylic acids is 4. The van der Waals surface area contributed by atoms with Crippen LogP contribution in [0.5, 0.6) is 0 Å². The molecule has 0 fully saturated rings. The van der Waals surface area contributed by atoms with E-state index in [1.807, 2.05) is 53.7 Å². The molecule has 0 bridgehead atoms. The van der Waals surface area contributed by atoms with E-state index in [2.05, 4.69) is 27.8 Å². The fraction of sp³-hybridized carbons (Fsp3) is 0.636. The van der Waals surface area contributed by atoms with Gasteiger partial charge in [0.25, 0.3) is 0 Å². The summed E-state index contributed by atoms with van der Waals surface area (Å²) < 4.78 is 5.98. The first-order chi connectivity index (χ1) is 20.1. The zero-order valence-corrected chi connectivity index (χ0v) is 27.4. The highest BCUT2D eigenvalue weighted by Gasteiger charge is 2.31. The van der Waals surface area contributed by atoms with Gasteiger partial charge in [-0.2, -0.15) is 0 Å². The van der Waals surface area contributed by atoms with Crippen molar-refractivity contribution in [3.63, 3.8) is 0 Å². The summed E-state index contributed by atoms with van der Waals surface area (Å²) in [5.74, 6) is 4.84. The molecule has 0 aromatic heterocycles. The van der Waals surface area contributed by atoms with E-state index in [0.29, 0.717) is 44.6 Å². The van der Waals surface area contributed by atoms with Crippen molar-refractivity contribution in [3.8, 4) is 11.8 Å². The number of hydrogen-bond acceptors (Lipinski definition) is 6. The molecule has 43 heavy (non-hydrogen) atoms. The van der Waals surface area contributed by atoms with Crippen molar-refractivity contribution in [2.45, 2.75) is 105 Å². The fourth-order valence-corrected chi connectivity index (χ4v) is 4.30. The maximum absolute atomic E-state index is 13.3. The third kappa shape index (κ3) is 14.5. The van der Waals surface area contributed by atoms with Crippen molar-refractivity contribution >= 4 is 29.3 Å². The average Bonchev–Trinajstić information content (AvgIpc) is 2.92. The lowest BCUT2D eigenvalue weighted by Crippen LogP contribution is -2.45. The molecule has 1 aromatic rings. The minimum Gasteiger partial charge on any atom is -0.375 e. The third-order valence-electron chi connectivity index (χ3n) is 7.14. The minimum atomic E-state index is -0.819. The standard InChI is InChI=1S/C33H53N5O5/c1-9-10-11-12-13-14-28(39)35-22-29(40)36-25(3)30(41)37-27-16-15-24(2)26(21-27)23-38(8)31(42)32(4,5)18-20-43-33(6,7)17-19-34/h15-16,21,25H,9,12-14,17-20,22-23,34H2,1-8H3,(H,35,39)(H,36,40)(H,37,41). The molecule has 0 heterocycles. The summed E-state index contributed by atoms with van der Waals surface area (Å²) in [4.78, 5) is 52.0. The fourth-order valence-electron chi connectivity index (χ4n) is 4.30. The summed E-state index contributed by atoms with van der Waals surface area (Å²) in [5.41, 5.74) is 7.14. The summed E-state index contributed by atoms with van der Waals surface area (Å²) in [6.45, 7) is 14.5. The lowest BCUT2D eigenvalue weighted by molar-refractivity contribution is -0.141. The van der Waals surface area contributed by atoms with Gasteiger partial charge < -0.3 is 31.3 Å². The Morgan fingerprint density at radius 3 is 2.42 bits per heavy atom. The van der Waals surface area contributed by atoms with Crippen molar-refractivity contribution < 1.29 is 23.9 Å². The zero-order valence-electron chi connectivity index (χ0n) is 27.4. The molecule has 0 aliphatic rings. The minimum absolute atomic E-state index is 0.00448. The lowest BCUT2D eigenvalue weighted by atomic mass is 9.87. The Hall–Kier alpha value is -3.42. The van der Waals surface area contributed by atoms with Crippen molar-refractivity contribution in [3.05, 3.63) is 29.3 Å². The molecule has 0 aliphatic carbocycles. The molecule has 0 aliphatic heterocycles.